The smallest absolute Gasteiger partial charge is 0.316 e. The molecule has 4 unspecified atom stereocenters. The van der Waals surface area contributed by atoms with Gasteiger partial charge in [0.15, 0.2) is 0 Å². The average molecular weight is 242 g/mol. The van der Waals surface area contributed by atoms with Crippen molar-refractivity contribution in [3.8, 4) is 0 Å². The van der Waals surface area contributed by atoms with Crippen LogP contribution in [0.5, 0.6) is 0 Å². The van der Waals surface area contributed by atoms with E-state index < -0.39 is 0 Å². The Morgan fingerprint density at radius 2 is 2.25 bits per heavy atom. The van der Waals surface area contributed by atoms with Crippen molar-refractivity contribution in [1.82, 2.24) is 0 Å². The molecule has 16 heavy (non-hydrogen) atoms. The van der Waals surface area contributed by atoms with E-state index in [0.717, 1.165) is 18.6 Å². The van der Waals surface area contributed by atoms with Crippen molar-refractivity contribution >= 4 is 17.7 Å². The average Bonchev–Trinajstić information content (AvgIpc) is 2.51. The molecule has 0 radical (unpaired) electrons. The van der Waals surface area contributed by atoms with E-state index in [1.807, 2.05) is 0 Å². The molecule has 2 saturated carbocycles. The Labute approximate surface area is 99.9 Å². The summed E-state index contributed by atoms with van der Waals surface area (Å²) in [6.07, 6.45) is 1.53. The number of hydrogen-bond acceptors (Lipinski definition) is 4. The van der Waals surface area contributed by atoms with Crippen molar-refractivity contribution in [2.75, 3.05) is 11.5 Å². The Bertz CT molecular complexity index is 341. The van der Waals surface area contributed by atoms with Crippen LogP contribution in [0.25, 0.3) is 0 Å². The Balaban J connectivity index is 2.03. The lowest BCUT2D eigenvalue weighted by Gasteiger charge is -2.44. The molecule has 1 heterocycles. The van der Waals surface area contributed by atoms with Gasteiger partial charge in [0, 0.05) is 16.6 Å². The lowest BCUT2D eigenvalue weighted by Crippen LogP contribution is -2.51. The van der Waals surface area contributed by atoms with Gasteiger partial charge in [-0.1, -0.05) is 13.8 Å². The van der Waals surface area contributed by atoms with Crippen LogP contribution < -0.4 is 0 Å². The fraction of sp³-hybridized carbons (Fsp3) is 0.917. The molecule has 1 aliphatic heterocycles. The number of rotatable bonds is 0. The minimum atomic E-state index is -0.283. The molecule has 0 aromatic rings. The maximum atomic E-state index is 11.6. The summed E-state index contributed by atoms with van der Waals surface area (Å²) in [4.78, 5) is 11.6. The molecule has 0 aromatic heterocycles. The van der Waals surface area contributed by atoms with Gasteiger partial charge >= 0.3 is 5.97 Å². The lowest BCUT2D eigenvalue weighted by atomic mass is 9.68. The van der Waals surface area contributed by atoms with Crippen LogP contribution in [0.2, 0.25) is 0 Å². The third-order valence-corrected chi connectivity index (χ3v) is 6.07. The Kier molecular flexibility index (Phi) is 2.16. The van der Waals surface area contributed by atoms with Crippen molar-refractivity contribution in [3.63, 3.8) is 0 Å². The highest BCUT2D eigenvalue weighted by Crippen LogP contribution is 2.65. The number of hydrogen-bond donors (Lipinski definition) is 1. The first kappa shape index (κ1) is 10.9. The molecule has 2 aliphatic carbocycles. The van der Waals surface area contributed by atoms with E-state index in [2.05, 4.69) is 13.8 Å². The van der Waals surface area contributed by atoms with Gasteiger partial charge in [0.25, 0.3) is 0 Å². The van der Waals surface area contributed by atoms with Crippen LogP contribution in [0, 0.1) is 16.7 Å². The van der Waals surface area contributed by atoms with Crippen molar-refractivity contribution in [3.05, 3.63) is 0 Å². The van der Waals surface area contributed by atoms with E-state index in [1.165, 1.54) is 0 Å². The summed E-state index contributed by atoms with van der Waals surface area (Å²) < 4.78 is 5.63. The summed E-state index contributed by atoms with van der Waals surface area (Å²) in [5.74, 6) is 1.69. The molecular weight excluding hydrogens is 224 g/mol. The van der Waals surface area contributed by atoms with Crippen molar-refractivity contribution in [1.29, 1.82) is 0 Å². The predicted molar refractivity (Wildman–Crippen MR) is 62.1 cm³/mol. The summed E-state index contributed by atoms with van der Waals surface area (Å²) in [6, 6.07) is 0. The second kappa shape index (κ2) is 3.16. The molecule has 4 heteroatoms. The van der Waals surface area contributed by atoms with Gasteiger partial charge in [0.1, 0.15) is 6.10 Å². The number of carbonyl (C=O) groups excluding carboxylic acids is 1. The summed E-state index contributed by atoms with van der Waals surface area (Å²) in [5, 5.41) is 10.2. The first-order valence-corrected chi connectivity index (χ1v) is 7.07. The molecule has 3 rings (SSSR count). The van der Waals surface area contributed by atoms with Crippen LogP contribution in [-0.2, 0) is 9.53 Å². The van der Waals surface area contributed by atoms with Crippen molar-refractivity contribution < 1.29 is 14.6 Å². The number of aliphatic hydroxyl groups excluding tert-OH is 1. The number of thioether (sulfide) groups is 1. The Morgan fingerprint density at radius 3 is 3.00 bits per heavy atom. The zero-order valence-corrected chi connectivity index (χ0v) is 10.5. The summed E-state index contributed by atoms with van der Waals surface area (Å²) in [6.45, 7) is 4.36. The largest absolute Gasteiger partial charge is 0.460 e. The molecule has 4 atom stereocenters. The quantitative estimate of drug-likeness (QED) is 0.653. The second-order valence-corrected chi connectivity index (χ2v) is 7.06. The molecule has 3 fully saturated rings. The van der Waals surface area contributed by atoms with Crippen LogP contribution in [-0.4, -0.2) is 34.8 Å². The monoisotopic (exact) mass is 242 g/mol. The fourth-order valence-electron chi connectivity index (χ4n) is 3.98. The molecule has 3 nitrogen and oxygen atoms in total. The maximum absolute atomic E-state index is 11.6. The molecule has 1 spiro atoms. The van der Waals surface area contributed by atoms with Gasteiger partial charge in [-0.2, -0.15) is 0 Å². The molecule has 0 aromatic carbocycles. The number of ether oxygens (including phenoxy) is 1. The zero-order valence-electron chi connectivity index (χ0n) is 9.73. The van der Waals surface area contributed by atoms with Crippen LogP contribution in [0.1, 0.15) is 26.7 Å². The molecule has 1 saturated heterocycles. The number of aliphatic hydroxyl groups is 1. The minimum Gasteiger partial charge on any atom is -0.460 e. The van der Waals surface area contributed by atoms with Gasteiger partial charge in [0.2, 0.25) is 0 Å². The zero-order chi connectivity index (χ0) is 11.6. The third kappa shape index (κ3) is 1.17. The first-order valence-electron chi connectivity index (χ1n) is 5.92. The maximum Gasteiger partial charge on any atom is 0.316 e. The minimum absolute atomic E-state index is 0.0276. The summed E-state index contributed by atoms with van der Waals surface area (Å²) >= 11 is 1.62. The highest BCUT2D eigenvalue weighted by Gasteiger charge is 2.68. The third-order valence-electron chi connectivity index (χ3n) is 4.89. The van der Waals surface area contributed by atoms with Crippen LogP contribution in [0.3, 0.4) is 0 Å². The Hall–Kier alpha value is -0.220. The lowest BCUT2D eigenvalue weighted by molar-refractivity contribution is -0.168. The van der Waals surface area contributed by atoms with E-state index in [-0.39, 0.29) is 29.0 Å². The van der Waals surface area contributed by atoms with Crippen molar-refractivity contribution in [2.24, 2.45) is 16.7 Å². The number of esters is 1. The predicted octanol–water partition coefficient (Wildman–Crippen LogP) is 1.44. The van der Waals surface area contributed by atoms with Gasteiger partial charge < -0.3 is 9.84 Å². The van der Waals surface area contributed by atoms with Gasteiger partial charge in [0.05, 0.1) is 11.9 Å². The van der Waals surface area contributed by atoms with Gasteiger partial charge in [-0.25, -0.2) is 0 Å². The van der Waals surface area contributed by atoms with Crippen LogP contribution >= 0.6 is 11.8 Å². The SMILES string of the molecule is CC1(C)C2CC(O)C3(CSCC(=O)OC13)C2. The highest BCUT2D eigenvalue weighted by molar-refractivity contribution is 7.99. The van der Waals surface area contributed by atoms with Gasteiger partial charge in [-0.15, -0.1) is 11.8 Å². The summed E-state index contributed by atoms with van der Waals surface area (Å²) in [7, 11) is 0. The van der Waals surface area contributed by atoms with Crippen LogP contribution in [0.4, 0.5) is 0 Å². The fourth-order valence-corrected chi connectivity index (χ4v) is 5.15. The van der Waals surface area contributed by atoms with E-state index in [1.54, 1.807) is 11.8 Å². The Morgan fingerprint density at radius 1 is 1.50 bits per heavy atom. The number of fused-ring (bicyclic) bond motifs is 1. The molecular formula is C12H18O3S. The second-order valence-electron chi connectivity index (χ2n) is 6.07. The standard InChI is InChI=1S/C12H18O3S/c1-11(2)7-3-8(13)12(4-7)6-16-5-9(14)15-10(11)12/h7-8,10,13H,3-6H2,1-2H3. The molecule has 1 N–H and O–H groups in total. The highest BCUT2D eigenvalue weighted by atomic mass is 32.2. The molecule has 0 amide bonds. The summed E-state index contributed by atoms with van der Waals surface area (Å²) in [5.41, 5.74) is -0.134. The van der Waals surface area contributed by atoms with E-state index in [4.69, 9.17) is 4.74 Å². The van der Waals surface area contributed by atoms with Crippen LogP contribution in [0.15, 0.2) is 0 Å². The molecule has 2 bridgehead atoms. The first-order chi connectivity index (χ1) is 7.47. The van der Waals surface area contributed by atoms with Gasteiger partial charge in [-0.3, -0.25) is 4.79 Å². The topological polar surface area (TPSA) is 46.5 Å². The molecule has 3 aliphatic rings. The van der Waals surface area contributed by atoms with E-state index in [9.17, 15) is 9.90 Å². The van der Waals surface area contributed by atoms with Gasteiger partial charge in [-0.05, 0) is 18.8 Å². The van der Waals surface area contributed by atoms with E-state index >= 15 is 0 Å². The van der Waals surface area contributed by atoms with E-state index in [0.29, 0.717) is 11.7 Å². The van der Waals surface area contributed by atoms with Crippen molar-refractivity contribution in [2.45, 2.75) is 38.9 Å². The molecule has 90 valence electrons. The number of carbonyl (C=O) groups is 1. The normalized spacial score (nSPS) is 49.7.